The molecule has 0 fully saturated rings. The van der Waals surface area contributed by atoms with Crippen molar-refractivity contribution >= 4 is 0 Å². The summed E-state index contributed by atoms with van der Waals surface area (Å²) in [7, 11) is 2.23. The largest absolute Gasteiger partial charge is 0.374 e. The van der Waals surface area contributed by atoms with Gasteiger partial charge in [0.15, 0.2) is 0 Å². The zero-order valence-electron chi connectivity index (χ0n) is 8.71. The van der Waals surface area contributed by atoms with Crippen LogP contribution in [0.2, 0.25) is 0 Å². The van der Waals surface area contributed by atoms with Gasteiger partial charge in [0.25, 0.3) is 0 Å². The SMILES string of the molecule is CCC1CC2=C(C=CCC2)N(C)C1. The molecule has 1 atom stereocenters. The third-order valence-electron chi connectivity index (χ3n) is 3.31. The quantitative estimate of drug-likeness (QED) is 0.595. The molecule has 13 heavy (non-hydrogen) atoms. The van der Waals surface area contributed by atoms with Crippen molar-refractivity contribution in [1.29, 1.82) is 0 Å². The number of hydrogen-bond donors (Lipinski definition) is 0. The van der Waals surface area contributed by atoms with Gasteiger partial charge in [-0.1, -0.05) is 19.4 Å². The van der Waals surface area contributed by atoms with Crippen LogP contribution >= 0.6 is 0 Å². The molecule has 1 aliphatic carbocycles. The second kappa shape index (κ2) is 3.57. The lowest BCUT2D eigenvalue weighted by Crippen LogP contribution is -2.31. The van der Waals surface area contributed by atoms with Crippen LogP contribution in [0.3, 0.4) is 0 Å². The first kappa shape index (κ1) is 8.86. The van der Waals surface area contributed by atoms with Gasteiger partial charge in [0.2, 0.25) is 0 Å². The van der Waals surface area contributed by atoms with Crippen molar-refractivity contribution in [2.45, 2.75) is 32.6 Å². The minimum Gasteiger partial charge on any atom is -0.374 e. The van der Waals surface area contributed by atoms with E-state index in [-0.39, 0.29) is 0 Å². The minimum absolute atomic E-state index is 0.898. The molecule has 0 N–H and O–H groups in total. The van der Waals surface area contributed by atoms with Gasteiger partial charge in [-0.15, -0.1) is 0 Å². The summed E-state index contributed by atoms with van der Waals surface area (Å²) in [5, 5.41) is 0. The van der Waals surface area contributed by atoms with Gasteiger partial charge in [-0.3, -0.25) is 0 Å². The first-order chi connectivity index (χ1) is 6.31. The second-order valence-electron chi connectivity index (χ2n) is 4.29. The first-order valence-electron chi connectivity index (χ1n) is 5.41. The Morgan fingerprint density at radius 3 is 3.15 bits per heavy atom. The third kappa shape index (κ3) is 1.65. The smallest absolute Gasteiger partial charge is 0.0352 e. The number of hydrogen-bond acceptors (Lipinski definition) is 1. The summed E-state index contributed by atoms with van der Waals surface area (Å²) in [5.41, 5.74) is 3.21. The topological polar surface area (TPSA) is 3.24 Å². The number of nitrogens with zero attached hydrogens (tertiary/aromatic N) is 1. The molecule has 1 unspecified atom stereocenters. The Morgan fingerprint density at radius 2 is 2.38 bits per heavy atom. The minimum atomic E-state index is 0.898. The number of allylic oxidation sites excluding steroid dienone is 3. The van der Waals surface area contributed by atoms with Gasteiger partial charge in [-0.2, -0.15) is 0 Å². The molecule has 0 aromatic heterocycles. The molecule has 1 aliphatic heterocycles. The van der Waals surface area contributed by atoms with Crippen molar-refractivity contribution < 1.29 is 0 Å². The lowest BCUT2D eigenvalue weighted by atomic mass is 9.86. The van der Waals surface area contributed by atoms with E-state index in [4.69, 9.17) is 0 Å². The zero-order valence-corrected chi connectivity index (χ0v) is 8.71. The van der Waals surface area contributed by atoms with E-state index in [9.17, 15) is 0 Å². The van der Waals surface area contributed by atoms with E-state index < -0.39 is 0 Å². The predicted molar refractivity (Wildman–Crippen MR) is 56.4 cm³/mol. The fourth-order valence-corrected chi connectivity index (χ4v) is 2.47. The molecule has 2 rings (SSSR count). The molecule has 1 heteroatoms. The summed E-state index contributed by atoms with van der Waals surface area (Å²) < 4.78 is 0. The number of rotatable bonds is 1. The lowest BCUT2D eigenvalue weighted by molar-refractivity contribution is 0.295. The Bertz CT molecular complexity index is 250. The van der Waals surface area contributed by atoms with Crippen LogP contribution in [0.1, 0.15) is 32.6 Å². The molecule has 1 nitrogen and oxygen atoms in total. The molecule has 0 aromatic rings. The van der Waals surface area contributed by atoms with Crippen molar-refractivity contribution in [1.82, 2.24) is 4.90 Å². The van der Waals surface area contributed by atoms with Gasteiger partial charge in [0.05, 0.1) is 0 Å². The summed E-state index contributed by atoms with van der Waals surface area (Å²) in [4.78, 5) is 2.43. The van der Waals surface area contributed by atoms with Gasteiger partial charge >= 0.3 is 0 Å². The highest BCUT2D eigenvalue weighted by Gasteiger charge is 2.22. The van der Waals surface area contributed by atoms with Crippen LogP contribution in [0.15, 0.2) is 23.4 Å². The normalized spacial score (nSPS) is 27.8. The van der Waals surface area contributed by atoms with Crippen molar-refractivity contribution in [3.05, 3.63) is 23.4 Å². The van der Waals surface area contributed by atoms with Gasteiger partial charge in [0, 0.05) is 19.3 Å². The fourth-order valence-electron chi connectivity index (χ4n) is 2.47. The van der Waals surface area contributed by atoms with Crippen molar-refractivity contribution in [3.63, 3.8) is 0 Å². The van der Waals surface area contributed by atoms with Crippen LogP contribution in [0.5, 0.6) is 0 Å². The Labute approximate surface area is 81.1 Å². The van der Waals surface area contributed by atoms with Gasteiger partial charge in [-0.05, 0) is 36.8 Å². The standard InChI is InChI=1S/C12H19N/c1-3-10-8-11-6-4-5-7-12(11)13(2)9-10/h5,7,10H,3-4,6,8-9H2,1-2H3. The predicted octanol–water partition coefficient (Wildman–Crippen LogP) is 2.95. The lowest BCUT2D eigenvalue weighted by Gasteiger charge is -2.35. The summed E-state index contributed by atoms with van der Waals surface area (Å²) in [6.45, 7) is 3.56. The Morgan fingerprint density at radius 1 is 1.54 bits per heavy atom. The second-order valence-corrected chi connectivity index (χ2v) is 4.29. The Hall–Kier alpha value is -0.720. The van der Waals surface area contributed by atoms with E-state index in [1.807, 2.05) is 0 Å². The molecule has 0 saturated heterocycles. The molecule has 0 saturated carbocycles. The highest BCUT2D eigenvalue weighted by molar-refractivity contribution is 5.30. The van der Waals surface area contributed by atoms with Crippen molar-refractivity contribution in [2.75, 3.05) is 13.6 Å². The van der Waals surface area contributed by atoms with E-state index in [1.54, 1.807) is 5.57 Å². The third-order valence-corrected chi connectivity index (χ3v) is 3.31. The average molecular weight is 177 g/mol. The fraction of sp³-hybridized carbons (Fsp3) is 0.667. The highest BCUT2D eigenvalue weighted by Crippen LogP contribution is 2.32. The van der Waals surface area contributed by atoms with Crippen molar-refractivity contribution in [3.8, 4) is 0 Å². The Balaban J connectivity index is 2.20. The summed E-state index contributed by atoms with van der Waals surface area (Å²) in [6, 6.07) is 0. The van der Waals surface area contributed by atoms with Crippen molar-refractivity contribution in [2.24, 2.45) is 5.92 Å². The molecule has 1 heterocycles. The molecule has 72 valence electrons. The monoisotopic (exact) mass is 177 g/mol. The highest BCUT2D eigenvalue weighted by atomic mass is 15.1. The number of likely N-dealkylation sites (N-methyl/N-ethyl adjacent to an activating group) is 1. The van der Waals surface area contributed by atoms with Gasteiger partial charge < -0.3 is 4.90 Å². The van der Waals surface area contributed by atoms with Crippen LogP contribution in [0.4, 0.5) is 0 Å². The average Bonchev–Trinajstić information content (AvgIpc) is 2.18. The molecule has 0 amide bonds. The summed E-state index contributed by atoms with van der Waals surface area (Å²) in [6.07, 6.45) is 9.84. The zero-order chi connectivity index (χ0) is 9.26. The first-order valence-corrected chi connectivity index (χ1v) is 5.41. The van der Waals surface area contributed by atoms with E-state index in [0.717, 1.165) is 5.92 Å². The Kier molecular flexibility index (Phi) is 2.43. The summed E-state index contributed by atoms with van der Waals surface area (Å²) >= 11 is 0. The van der Waals surface area contributed by atoms with E-state index in [1.165, 1.54) is 37.9 Å². The van der Waals surface area contributed by atoms with Crippen LogP contribution in [0.25, 0.3) is 0 Å². The van der Waals surface area contributed by atoms with Crippen LogP contribution in [-0.2, 0) is 0 Å². The molecule has 2 aliphatic rings. The van der Waals surface area contributed by atoms with E-state index in [0.29, 0.717) is 0 Å². The van der Waals surface area contributed by atoms with E-state index >= 15 is 0 Å². The molecule has 0 radical (unpaired) electrons. The summed E-state index contributed by atoms with van der Waals surface area (Å²) in [5.74, 6) is 0.898. The maximum Gasteiger partial charge on any atom is 0.0352 e. The maximum absolute atomic E-state index is 2.43. The van der Waals surface area contributed by atoms with Crippen LogP contribution in [0, 0.1) is 5.92 Å². The van der Waals surface area contributed by atoms with E-state index in [2.05, 4.69) is 31.0 Å². The molecular weight excluding hydrogens is 158 g/mol. The van der Waals surface area contributed by atoms with Crippen LogP contribution < -0.4 is 0 Å². The molecule has 0 aromatic carbocycles. The molecule has 0 spiro atoms. The van der Waals surface area contributed by atoms with Gasteiger partial charge in [0.1, 0.15) is 0 Å². The van der Waals surface area contributed by atoms with Gasteiger partial charge in [-0.25, -0.2) is 0 Å². The maximum atomic E-state index is 2.43. The van der Waals surface area contributed by atoms with Crippen LogP contribution in [-0.4, -0.2) is 18.5 Å². The molecular formula is C12H19N. The molecule has 0 bridgehead atoms.